The number of nitrogens with one attached hydrogen (secondary N) is 2. The Hall–Kier alpha value is -2.03. The molecule has 0 aliphatic heterocycles. The van der Waals surface area contributed by atoms with Gasteiger partial charge in [-0.15, -0.1) is 0 Å². The molecule has 0 bridgehead atoms. The highest BCUT2D eigenvalue weighted by molar-refractivity contribution is 6.07. The molecule has 2 aromatic heterocycles. The zero-order valence-corrected chi connectivity index (χ0v) is 11.1. The van der Waals surface area contributed by atoms with Crippen LogP contribution in [-0.2, 0) is 0 Å². The van der Waals surface area contributed by atoms with Gasteiger partial charge in [0.1, 0.15) is 0 Å². The molecule has 0 aliphatic rings. The van der Waals surface area contributed by atoms with Crippen LogP contribution in [0.3, 0.4) is 0 Å². The molecule has 92 valence electrons. The van der Waals surface area contributed by atoms with Gasteiger partial charge in [0.05, 0.1) is 16.4 Å². The molecule has 2 heterocycles. The molecule has 0 radical (unpaired) electrons. The van der Waals surface area contributed by atoms with Gasteiger partial charge >= 0.3 is 0 Å². The molecule has 0 saturated carbocycles. The lowest BCUT2D eigenvalue weighted by Gasteiger charge is -2.05. The predicted molar refractivity (Wildman–Crippen MR) is 75.4 cm³/mol. The summed E-state index contributed by atoms with van der Waals surface area (Å²) in [5, 5.41) is 1.92. The Morgan fingerprint density at radius 2 is 1.67 bits per heavy atom. The van der Waals surface area contributed by atoms with Crippen LogP contribution < -0.4 is 5.43 Å². The van der Waals surface area contributed by atoms with E-state index in [4.69, 9.17) is 0 Å². The summed E-state index contributed by atoms with van der Waals surface area (Å²) in [5.41, 5.74) is 6.32. The summed E-state index contributed by atoms with van der Waals surface area (Å²) in [5.74, 6) is 0. The molecule has 18 heavy (non-hydrogen) atoms. The van der Waals surface area contributed by atoms with Crippen LogP contribution >= 0.6 is 0 Å². The van der Waals surface area contributed by atoms with E-state index in [0.29, 0.717) is 0 Å². The molecule has 0 unspecified atom stereocenters. The predicted octanol–water partition coefficient (Wildman–Crippen LogP) is 3.24. The van der Waals surface area contributed by atoms with Gasteiger partial charge in [-0.2, -0.15) is 0 Å². The van der Waals surface area contributed by atoms with Crippen LogP contribution in [-0.4, -0.2) is 9.97 Å². The largest absolute Gasteiger partial charge is 0.358 e. The Kier molecular flexibility index (Phi) is 2.14. The number of pyridine rings is 1. The van der Waals surface area contributed by atoms with Gasteiger partial charge in [-0.3, -0.25) is 4.79 Å². The lowest BCUT2D eigenvalue weighted by atomic mass is 10.0. The van der Waals surface area contributed by atoms with E-state index < -0.39 is 0 Å². The Morgan fingerprint density at radius 1 is 0.944 bits per heavy atom. The van der Waals surface area contributed by atoms with Crippen molar-refractivity contribution in [1.82, 2.24) is 9.97 Å². The van der Waals surface area contributed by atoms with Gasteiger partial charge in [0.15, 0.2) is 5.43 Å². The zero-order valence-electron chi connectivity index (χ0n) is 11.1. The Balaban J connectivity index is 2.70. The summed E-state index contributed by atoms with van der Waals surface area (Å²) in [6.45, 7) is 8.08. The molecule has 3 nitrogen and oxygen atoms in total. The van der Waals surface area contributed by atoms with Crippen LogP contribution in [0.2, 0.25) is 0 Å². The minimum Gasteiger partial charge on any atom is -0.358 e. The Labute approximate surface area is 105 Å². The molecular formula is C15H16N2O. The quantitative estimate of drug-likeness (QED) is 0.622. The average molecular weight is 240 g/mol. The second kappa shape index (κ2) is 3.48. The molecule has 0 aliphatic carbocycles. The highest BCUT2D eigenvalue weighted by atomic mass is 16.1. The zero-order chi connectivity index (χ0) is 13.0. The van der Waals surface area contributed by atoms with Crippen molar-refractivity contribution in [2.24, 2.45) is 0 Å². The second-order valence-electron chi connectivity index (χ2n) is 5.06. The number of rotatable bonds is 0. The fourth-order valence-electron chi connectivity index (χ4n) is 2.64. The minimum atomic E-state index is 0.0798. The third kappa shape index (κ3) is 1.33. The molecule has 1 aromatic carbocycles. The van der Waals surface area contributed by atoms with Crippen LogP contribution in [0.5, 0.6) is 0 Å². The third-order valence-corrected chi connectivity index (χ3v) is 3.72. The molecule has 0 saturated heterocycles. The lowest BCUT2D eigenvalue weighted by Crippen LogP contribution is -2.04. The highest BCUT2D eigenvalue weighted by Crippen LogP contribution is 2.28. The SMILES string of the molecule is Cc1cc(=O)c2c([nH]1)c(C)cc1c(C)c(C)[nH]c12. The summed E-state index contributed by atoms with van der Waals surface area (Å²) < 4.78 is 0. The van der Waals surface area contributed by atoms with Crippen LogP contribution in [0.15, 0.2) is 16.9 Å². The first-order valence-electron chi connectivity index (χ1n) is 6.11. The number of aryl methyl sites for hydroxylation is 4. The second-order valence-corrected chi connectivity index (χ2v) is 5.06. The first-order valence-corrected chi connectivity index (χ1v) is 6.11. The van der Waals surface area contributed by atoms with Crippen molar-refractivity contribution in [3.05, 3.63) is 44.9 Å². The summed E-state index contributed by atoms with van der Waals surface area (Å²) >= 11 is 0. The van der Waals surface area contributed by atoms with Crippen molar-refractivity contribution >= 4 is 21.8 Å². The molecule has 3 rings (SSSR count). The molecular weight excluding hydrogens is 224 g/mol. The summed E-state index contributed by atoms with van der Waals surface area (Å²) in [4.78, 5) is 18.9. The van der Waals surface area contributed by atoms with E-state index in [1.807, 2.05) is 20.8 Å². The van der Waals surface area contributed by atoms with Crippen molar-refractivity contribution in [2.45, 2.75) is 27.7 Å². The summed E-state index contributed by atoms with van der Waals surface area (Å²) in [6.07, 6.45) is 0. The molecule has 0 fully saturated rings. The van der Waals surface area contributed by atoms with Gasteiger partial charge in [-0.1, -0.05) is 0 Å². The van der Waals surface area contributed by atoms with Crippen LogP contribution in [0.1, 0.15) is 22.5 Å². The number of aromatic nitrogens is 2. The Bertz CT molecular complexity index is 837. The van der Waals surface area contributed by atoms with E-state index in [1.54, 1.807) is 6.07 Å². The summed E-state index contributed by atoms with van der Waals surface area (Å²) in [7, 11) is 0. The number of H-pyrrole nitrogens is 2. The lowest BCUT2D eigenvalue weighted by molar-refractivity contribution is 1.23. The van der Waals surface area contributed by atoms with Crippen LogP contribution in [0.4, 0.5) is 0 Å². The van der Waals surface area contributed by atoms with Crippen molar-refractivity contribution < 1.29 is 0 Å². The van der Waals surface area contributed by atoms with E-state index >= 15 is 0 Å². The van der Waals surface area contributed by atoms with Gasteiger partial charge in [0, 0.05) is 22.8 Å². The number of fused-ring (bicyclic) bond motifs is 3. The van der Waals surface area contributed by atoms with Gasteiger partial charge in [-0.05, 0) is 44.9 Å². The maximum atomic E-state index is 12.2. The highest BCUT2D eigenvalue weighted by Gasteiger charge is 2.12. The van der Waals surface area contributed by atoms with E-state index in [9.17, 15) is 4.79 Å². The standard InChI is InChI=1S/C15H16N2O/c1-7-5-11-9(3)10(4)17-15(11)13-12(18)6-8(2)16-14(7)13/h5-6,17H,1-4H3,(H,16,18). The topological polar surface area (TPSA) is 48.6 Å². The molecule has 2 N–H and O–H groups in total. The van der Waals surface area contributed by atoms with E-state index in [0.717, 1.165) is 38.8 Å². The first kappa shape index (κ1) is 11.1. The number of aromatic amines is 2. The van der Waals surface area contributed by atoms with E-state index in [1.165, 1.54) is 5.56 Å². The maximum absolute atomic E-state index is 12.2. The molecule has 0 spiro atoms. The fourth-order valence-corrected chi connectivity index (χ4v) is 2.64. The first-order chi connectivity index (χ1) is 8.49. The number of hydrogen-bond donors (Lipinski definition) is 2. The Morgan fingerprint density at radius 3 is 2.39 bits per heavy atom. The van der Waals surface area contributed by atoms with Crippen molar-refractivity contribution in [2.75, 3.05) is 0 Å². The van der Waals surface area contributed by atoms with E-state index in [2.05, 4.69) is 23.0 Å². The molecule has 3 aromatic rings. The number of benzene rings is 1. The number of hydrogen-bond acceptors (Lipinski definition) is 1. The van der Waals surface area contributed by atoms with Crippen LogP contribution in [0.25, 0.3) is 21.8 Å². The monoisotopic (exact) mass is 240 g/mol. The van der Waals surface area contributed by atoms with Crippen molar-refractivity contribution in [1.29, 1.82) is 0 Å². The van der Waals surface area contributed by atoms with Crippen molar-refractivity contribution in [3.63, 3.8) is 0 Å². The van der Waals surface area contributed by atoms with Gasteiger partial charge in [-0.25, -0.2) is 0 Å². The molecule has 0 atom stereocenters. The van der Waals surface area contributed by atoms with Crippen molar-refractivity contribution in [3.8, 4) is 0 Å². The minimum absolute atomic E-state index is 0.0798. The van der Waals surface area contributed by atoms with Gasteiger partial charge in [0.2, 0.25) is 0 Å². The molecule has 3 heteroatoms. The average Bonchev–Trinajstić information content (AvgIpc) is 2.56. The molecule has 0 amide bonds. The fraction of sp³-hybridized carbons (Fsp3) is 0.267. The van der Waals surface area contributed by atoms with Crippen LogP contribution in [0, 0.1) is 27.7 Å². The third-order valence-electron chi connectivity index (χ3n) is 3.72. The van der Waals surface area contributed by atoms with E-state index in [-0.39, 0.29) is 5.43 Å². The van der Waals surface area contributed by atoms with Gasteiger partial charge in [0.25, 0.3) is 0 Å². The maximum Gasteiger partial charge on any atom is 0.191 e. The normalized spacial score (nSPS) is 11.6. The smallest absolute Gasteiger partial charge is 0.191 e. The summed E-state index contributed by atoms with van der Waals surface area (Å²) in [6, 6.07) is 3.80. The van der Waals surface area contributed by atoms with Gasteiger partial charge < -0.3 is 9.97 Å².